The zero-order valence-electron chi connectivity index (χ0n) is 19.5. The number of nitrogens with one attached hydrogen (secondary N) is 2. The van der Waals surface area contributed by atoms with E-state index in [0.717, 1.165) is 22.3 Å². The number of carbonyl (C=O) groups is 3. The number of aliphatic hydroxyl groups excluding tert-OH is 1. The summed E-state index contributed by atoms with van der Waals surface area (Å²) in [6.45, 7) is 3.71. The molecule has 34 heavy (non-hydrogen) atoms. The summed E-state index contributed by atoms with van der Waals surface area (Å²) in [5, 5.41) is 23.4. The van der Waals surface area contributed by atoms with Gasteiger partial charge in [-0.05, 0) is 34.6 Å². The third-order valence-corrected chi connectivity index (χ3v) is 6.00. The van der Waals surface area contributed by atoms with Crippen LogP contribution < -0.4 is 10.6 Å². The average molecular weight is 469 g/mol. The quantitative estimate of drug-likeness (QED) is 0.402. The molecule has 0 saturated carbocycles. The Morgan fingerprint density at radius 3 is 2.12 bits per heavy atom. The van der Waals surface area contributed by atoms with E-state index in [1.807, 2.05) is 50.2 Å². The van der Waals surface area contributed by atoms with Crippen LogP contribution in [0.2, 0.25) is 0 Å². The monoisotopic (exact) mass is 468 g/mol. The molecule has 0 saturated heterocycles. The third-order valence-electron chi connectivity index (χ3n) is 6.00. The number of carboxylic acid groups (broad SMARTS) is 1. The number of carbonyl (C=O) groups excluding carboxylic acids is 2. The van der Waals surface area contributed by atoms with Gasteiger partial charge in [-0.3, -0.25) is 4.79 Å². The number of amides is 2. The van der Waals surface area contributed by atoms with E-state index in [2.05, 4.69) is 22.8 Å². The smallest absolute Gasteiger partial charge is 0.407 e. The number of hydrogen-bond donors (Lipinski definition) is 4. The summed E-state index contributed by atoms with van der Waals surface area (Å²) in [5.41, 5.74) is 4.49. The summed E-state index contributed by atoms with van der Waals surface area (Å²) in [5.74, 6) is -2.23. The fraction of sp³-hybridized carbons (Fsp3) is 0.423. The normalized spacial score (nSPS) is 14.1. The topological polar surface area (TPSA) is 125 Å². The van der Waals surface area contributed by atoms with Crippen LogP contribution in [0.4, 0.5) is 4.79 Å². The van der Waals surface area contributed by atoms with Gasteiger partial charge in [-0.15, -0.1) is 0 Å². The maximum absolute atomic E-state index is 12.7. The van der Waals surface area contributed by atoms with Crippen molar-refractivity contribution in [2.24, 2.45) is 11.8 Å². The van der Waals surface area contributed by atoms with Gasteiger partial charge in [0.1, 0.15) is 12.6 Å². The van der Waals surface area contributed by atoms with E-state index in [1.165, 1.54) is 0 Å². The predicted octanol–water partition coefficient (Wildman–Crippen LogP) is 3.14. The van der Waals surface area contributed by atoms with Gasteiger partial charge < -0.3 is 25.6 Å². The fourth-order valence-corrected chi connectivity index (χ4v) is 4.38. The Labute approximate surface area is 199 Å². The first-order valence-electron chi connectivity index (χ1n) is 11.5. The van der Waals surface area contributed by atoms with E-state index in [1.54, 1.807) is 0 Å². The van der Waals surface area contributed by atoms with Crippen LogP contribution in [0.3, 0.4) is 0 Å². The summed E-state index contributed by atoms with van der Waals surface area (Å²) in [7, 11) is 0. The molecule has 0 aliphatic heterocycles. The van der Waals surface area contributed by atoms with Crippen LogP contribution in [-0.4, -0.2) is 54.0 Å². The Balaban J connectivity index is 1.59. The molecule has 0 spiro atoms. The zero-order chi connectivity index (χ0) is 24.7. The summed E-state index contributed by atoms with van der Waals surface area (Å²) in [4.78, 5) is 36.5. The van der Waals surface area contributed by atoms with E-state index in [9.17, 15) is 19.5 Å². The molecule has 0 radical (unpaired) electrons. The van der Waals surface area contributed by atoms with Crippen LogP contribution in [0.1, 0.15) is 43.7 Å². The van der Waals surface area contributed by atoms with Gasteiger partial charge in [-0.25, -0.2) is 9.59 Å². The van der Waals surface area contributed by atoms with Crippen molar-refractivity contribution in [1.82, 2.24) is 10.6 Å². The first-order valence-corrected chi connectivity index (χ1v) is 11.5. The maximum Gasteiger partial charge on any atom is 0.407 e. The summed E-state index contributed by atoms with van der Waals surface area (Å²) < 4.78 is 5.52. The van der Waals surface area contributed by atoms with E-state index < -0.39 is 29.9 Å². The number of hydrogen-bond acceptors (Lipinski definition) is 5. The van der Waals surface area contributed by atoms with Crippen molar-refractivity contribution in [3.05, 3.63) is 59.7 Å². The van der Waals surface area contributed by atoms with Crippen LogP contribution in [0.5, 0.6) is 0 Å². The highest BCUT2D eigenvalue weighted by Gasteiger charge is 2.30. The van der Waals surface area contributed by atoms with Gasteiger partial charge in [0.2, 0.25) is 5.91 Å². The molecule has 8 nitrogen and oxygen atoms in total. The minimum Gasteiger partial charge on any atom is -0.480 e. The lowest BCUT2D eigenvalue weighted by molar-refractivity contribution is -0.143. The van der Waals surface area contributed by atoms with E-state index in [4.69, 9.17) is 9.84 Å². The Hall–Kier alpha value is -3.39. The molecule has 1 aliphatic rings. The Morgan fingerprint density at radius 1 is 1.00 bits per heavy atom. The summed E-state index contributed by atoms with van der Waals surface area (Å²) in [6, 6.07) is 14.9. The molecular formula is C26H32N2O6. The summed E-state index contributed by atoms with van der Waals surface area (Å²) >= 11 is 0. The number of alkyl carbamates (subject to hydrolysis) is 1. The van der Waals surface area contributed by atoms with Crippen LogP contribution in [0.25, 0.3) is 11.1 Å². The highest BCUT2D eigenvalue weighted by atomic mass is 16.5. The van der Waals surface area contributed by atoms with E-state index in [0.29, 0.717) is 6.42 Å². The molecule has 1 aliphatic carbocycles. The second kappa shape index (κ2) is 11.7. The van der Waals surface area contributed by atoms with Gasteiger partial charge >= 0.3 is 12.1 Å². The second-order valence-corrected chi connectivity index (χ2v) is 8.94. The van der Waals surface area contributed by atoms with Crippen molar-refractivity contribution >= 4 is 18.0 Å². The molecule has 2 aromatic rings. The average Bonchev–Trinajstić information content (AvgIpc) is 3.13. The van der Waals surface area contributed by atoms with Crippen molar-refractivity contribution in [2.75, 3.05) is 19.8 Å². The van der Waals surface area contributed by atoms with Crippen molar-refractivity contribution in [2.45, 2.75) is 38.6 Å². The highest BCUT2D eigenvalue weighted by Crippen LogP contribution is 2.44. The van der Waals surface area contributed by atoms with Crippen molar-refractivity contribution in [3.63, 3.8) is 0 Å². The van der Waals surface area contributed by atoms with Crippen molar-refractivity contribution in [1.29, 1.82) is 0 Å². The molecule has 0 heterocycles. The molecule has 1 unspecified atom stereocenters. The molecular weight excluding hydrogens is 436 g/mol. The van der Waals surface area contributed by atoms with Gasteiger partial charge in [0.25, 0.3) is 0 Å². The van der Waals surface area contributed by atoms with Gasteiger partial charge in [0, 0.05) is 25.5 Å². The molecule has 3 rings (SSSR count). The lowest BCUT2D eigenvalue weighted by atomic mass is 9.95. The molecule has 0 aromatic heterocycles. The number of fused-ring (bicyclic) bond motifs is 3. The Kier molecular flexibility index (Phi) is 8.65. The van der Waals surface area contributed by atoms with Gasteiger partial charge in [0.15, 0.2) is 0 Å². The molecule has 8 heteroatoms. The SMILES string of the molecule is CC(C)CC(CNC(=O)OCC1c2ccccc2-c2ccccc21)C(=O)N[C@@H](CCO)C(=O)O. The molecule has 2 atom stereocenters. The first-order chi connectivity index (χ1) is 16.3. The van der Waals surface area contributed by atoms with Crippen LogP contribution in [0, 0.1) is 11.8 Å². The number of aliphatic carboxylic acids is 1. The standard InChI is InChI=1S/C26H32N2O6/c1-16(2)13-17(24(30)28-23(11-12-29)25(31)32)14-27-26(33)34-15-22-20-9-5-3-7-18(20)19-8-4-6-10-21(19)22/h3-10,16-17,22-23,29H,11-15H2,1-2H3,(H,27,33)(H,28,30)(H,31,32)/t17?,23-/m0/s1. The molecule has 2 amide bonds. The minimum atomic E-state index is -1.21. The molecule has 0 fully saturated rings. The van der Waals surface area contributed by atoms with Crippen LogP contribution in [-0.2, 0) is 14.3 Å². The van der Waals surface area contributed by atoms with Gasteiger partial charge in [0.05, 0.1) is 5.92 Å². The van der Waals surface area contributed by atoms with E-state index >= 15 is 0 Å². The van der Waals surface area contributed by atoms with Gasteiger partial charge in [-0.2, -0.15) is 0 Å². The number of aliphatic hydroxyl groups is 1. The fourth-order valence-electron chi connectivity index (χ4n) is 4.38. The van der Waals surface area contributed by atoms with Gasteiger partial charge in [-0.1, -0.05) is 62.4 Å². The lowest BCUT2D eigenvalue weighted by Gasteiger charge is -2.22. The zero-order valence-corrected chi connectivity index (χ0v) is 19.5. The van der Waals surface area contributed by atoms with E-state index in [-0.39, 0.29) is 38.0 Å². The van der Waals surface area contributed by atoms with Crippen molar-refractivity contribution in [3.8, 4) is 11.1 Å². The number of carboxylic acids is 1. The maximum atomic E-state index is 12.7. The number of rotatable bonds is 11. The Bertz CT molecular complexity index is 976. The first kappa shape index (κ1) is 25.2. The molecule has 4 N–H and O–H groups in total. The molecule has 182 valence electrons. The van der Waals surface area contributed by atoms with Crippen molar-refractivity contribution < 1.29 is 29.3 Å². The number of benzene rings is 2. The third kappa shape index (κ3) is 6.14. The van der Waals surface area contributed by atoms with Crippen LogP contribution in [0.15, 0.2) is 48.5 Å². The predicted molar refractivity (Wildman–Crippen MR) is 127 cm³/mol. The minimum absolute atomic E-state index is 0.0200. The molecule has 2 aromatic carbocycles. The number of ether oxygens (including phenoxy) is 1. The molecule has 0 bridgehead atoms. The lowest BCUT2D eigenvalue weighted by Crippen LogP contribution is -2.47. The highest BCUT2D eigenvalue weighted by molar-refractivity contribution is 5.85. The largest absolute Gasteiger partial charge is 0.480 e. The second-order valence-electron chi connectivity index (χ2n) is 8.94. The Morgan fingerprint density at radius 2 is 1.59 bits per heavy atom. The summed E-state index contributed by atoms with van der Waals surface area (Å²) in [6.07, 6.45) is -0.260. The van der Waals surface area contributed by atoms with Crippen LogP contribution >= 0.6 is 0 Å².